The highest BCUT2D eigenvalue weighted by Gasteiger charge is 2.47. The predicted molar refractivity (Wildman–Crippen MR) is 146 cm³/mol. The second kappa shape index (κ2) is 11.7. The van der Waals surface area contributed by atoms with Crippen LogP contribution in [0.2, 0.25) is 0 Å². The average molecular weight is 499 g/mol. The van der Waals surface area contributed by atoms with Gasteiger partial charge in [0, 0.05) is 23.3 Å². The van der Waals surface area contributed by atoms with E-state index < -0.39 is 11.7 Å². The first kappa shape index (κ1) is 28.0. The van der Waals surface area contributed by atoms with Crippen molar-refractivity contribution in [3.8, 4) is 0 Å². The largest absolute Gasteiger partial charge is 0.416 e. The van der Waals surface area contributed by atoms with Gasteiger partial charge in [0.15, 0.2) is 0 Å². The number of benzene rings is 2. The van der Waals surface area contributed by atoms with Crippen LogP contribution in [0.1, 0.15) is 67.3 Å². The standard InChI is InChI=1S/C28H35F3N2.C3H6/c1-5-14-33-22(4)27(25-18-20(2)8-11-26(25)33)12-16-32(17-13-27)15-6-7-23-10-9-21(3)24(19-23)28(29,30)31;1-3-2/h8-11,18-19H,4-7,12-17H2,1-3H3;3H,1H2,2H3. The van der Waals surface area contributed by atoms with E-state index in [1.54, 1.807) is 12.1 Å². The Bertz CT molecular complexity index is 1060. The van der Waals surface area contributed by atoms with Crippen LogP contribution >= 0.6 is 0 Å². The summed E-state index contributed by atoms with van der Waals surface area (Å²) in [6, 6.07) is 11.5. The maximum Gasteiger partial charge on any atom is 0.416 e. The van der Waals surface area contributed by atoms with Crippen molar-refractivity contribution in [2.75, 3.05) is 31.1 Å². The third-order valence-corrected chi connectivity index (χ3v) is 7.54. The van der Waals surface area contributed by atoms with Crippen LogP contribution in [-0.4, -0.2) is 31.1 Å². The number of hydrogen-bond acceptors (Lipinski definition) is 2. The van der Waals surface area contributed by atoms with Crippen LogP contribution in [0.15, 0.2) is 61.3 Å². The molecule has 196 valence electrons. The summed E-state index contributed by atoms with van der Waals surface area (Å²) in [7, 11) is 0. The quantitative estimate of drug-likeness (QED) is 0.370. The van der Waals surface area contributed by atoms with E-state index in [2.05, 4.69) is 55.0 Å². The van der Waals surface area contributed by atoms with Gasteiger partial charge in [0.05, 0.1) is 5.56 Å². The number of hydrogen-bond donors (Lipinski definition) is 0. The molecule has 2 aliphatic rings. The summed E-state index contributed by atoms with van der Waals surface area (Å²) in [6.45, 7) is 19.6. The highest BCUT2D eigenvalue weighted by Crippen LogP contribution is 2.53. The molecular formula is C31H41F3N2. The van der Waals surface area contributed by atoms with E-state index in [1.807, 2.05) is 13.0 Å². The number of halogens is 3. The van der Waals surface area contributed by atoms with Gasteiger partial charge in [0.2, 0.25) is 0 Å². The number of alkyl halides is 3. The Balaban J connectivity index is 0.00000115. The van der Waals surface area contributed by atoms with Gasteiger partial charge in [-0.05, 0) is 101 Å². The molecule has 0 aliphatic carbocycles. The summed E-state index contributed by atoms with van der Waals surface area (Å²) < 4.78 is 39.6. The van der Waals surface area contributed by atoms with Gasteiger partial charge >= 0.3 is 6.18 Å². The summed E-state index contributed by atoms with van der Waals surface area (Å²) in [5.41, 5.74) is 5.85. The Labute approximate surface area is 215 Å². The van der Waals surface area contributed by atoms with Crippen molar-refractivity contribution in [1.82, 2.24) is 4.90 Å². The lowest BCUT2D eigenvalue weighted by Gasteiger charge is -2.41. The SMILES string of the molecule is C=C1N(CCC)c2ccc(C)cc2C12CCN(CCCc1ccc(C)c(C(F)(F)F)c1)CC2.C=CC. The molecule has 0 bridgehead atoms. The van der Waals surface area contributed by atoms with Crippen LogP contribution in [0.25, 0.3) is 0 Å². The molecule has 36 heavy (non-hydrogen) atoms. The highest BCUT2D eigenvalue weighted by atomic mass is 19.4. The van der Waals surface area contributed by atoms with Gasteiger partial charge < -0.3 is 9.80 Å². The molecule has 1 saturated heterocycles. The van der Waals surface area contributed by atoms with E-state index in [4.69, 9.17) is 0 Å². The predicted octanol–water partition coefficient (Wildman–Crippen LogP) is 8.22. The molecule has 0 atom stereocenters. The van der Waals surface area contributed by atoms with Crippen LogP contribution in [0.5, 0.6) is 0 Å². The zero-order chi connectivity index (χ0) is 26.5. The third kappa shape index (κ3) is 5.88. The van der Waals surface area contributed by atoms with E-state index in [1.165, 1.54) is 35.5 Å². The van der Waals surface area contributed by atoms with Crippen LogP contribution in [0.4, 0.5) is 18.9 Å². The van der Waals surface area contributed by atoms with Crippen molar-refractivity contribution < 1.29 is 13.2 Å². The van der Waals surface area contributed by atoms with Crippen LogP contribution in [-0.2, 0) is 18.0 Å². The van der Waals surface area contributed by atoms with Gasteiger partial charge in [0.1, 0.15) is 0 Å². The Morgan fingerprint density at radius 2 is 1.69 bits per heavy atom. The minimum Gasteiger partial charge on any atom is -0.345 e. The molecule has 0 aromatic heterocycles. The number of likely N-dealkylation sites (tertiary alicyclic amines) is 1. The van der Waals surface area contributed by atoms with E-state index in [9.17, 15) is 13.2 Å². The minimum absolute atomic E-state index is 0.0194. The monoisotopic (exact) mass is 498 g/mol. The van der Waals surface area contributed by atoms with Crippen molar-refractivity contribution in [3.05, 3.63) is 89.1 Å². The minimum atomic E-state index is -4.29. The zero-order valence-corrected chi connectivity index (χ0v) is 22.3. The molecule has 0 saturated carbocycles. The Morgan fingerprint density at radius 3 is 2.31 bits per heavy atom. The molecule has 0 amide bonds. The molecule has 5 heteroatoms. The fourth-order valence-corrected chi connectivity index (χ4v) is 5.66. The van der Waals surface area contributed by atoms with Crippen molar-refractivity contribution in [1.29, 1.82) is 0 Å². The molecule has 2 heterocycles. The van der Waals surface area contributed by atoms with Crippen LogP contribution < -0.4 is 4.90 Å². The van der Waals surface area contributed by atoms with Crippen molar-refractivity contribution >= 4 is 5.69 Å². The lowest BCUT2D eigenvalue weighted by atomic mass is 9.72. The number of piperidine rings is 1. The molecule has 0 N–H and O–H groups in total. The van der Waals surface area contributed by atoms with E-state index in [0.29, 0.717) is 6.42 Å². The molecule has 2 aromatic carbocycles. The van der Waals surface area contributed by atoms with Gasteiger partial charge in [-0.2, -0.15) is 13.2 Å². The maximum atomic E-state index is 13.2. The molecule has 0 unspecified atom stereocenters. The highest BCUT2D eigenvalue weighted by molar-refractivity contribution is 5.71. The molecule has 2 aromatic rings. The fraction of sp³-hybridized carbons (Fsp3) is 0.484. The fourth-order valence-electron chi connectivity index (χ4n) is 5.66. The number of anilines is 1. The topological polar surface area (TPSA) is 6.48 Å². The average Bonchev–Trinajstić information content (AvgIpc) is 3.04. The van der Waals surface area contributed by atoms with Gasteiger partial charge in [-0.15, -0.1) is 6.58 Å². The maximum absolute atomic E-state index is 13.2. The second-order valence-corrected chi connectivity index (χ2v) is 10.2. The second-order valence-electron chi connectivity index (χ2n) is 10.2. The molecule has 2 nitrogen and oxygen atoms in total. The van der Waals surface area contributed by atoms with Crippen molar-refractivity contribution in [2.45, 2.75) is 71.4 Å². The normalized spacial score (nSPS) is 17.1. The van der Waals surface area contributed by atoms with Gasteiger partial charge in [-0.1, -0.05) is 49.4 Å². The molecule has 0 radical (unpaired) electrons. The number of allylic oxidation sites excluding steroid dienone is 2. The summed E-state index contributed by atoms with van der Waals surface area (Å²) in [5.74, 6) is 0. The first-order valence-electron chi connectivity index (χ1n) is 13.1. The molecule has 2 aliphatic heterocycles. The summed E-state index contributed by atoms with van der Waals surface area (Å²) >= 11 is 0. The Morgan fingerprint density at radius 1 is 1.03 bits per heavy atom. The smallest absolute Gasteiger partial charge is 0.345 e. The van der Waals surface area contributed by atoms with Crippen molar-refractivity contribution in [2.24, 2.45) is 0 Å². The number of nitrogens with zero attached hydrogens (tertiary/aromatic N) is 2. The third-order valence-electron chi connectivity index (χ3n) is 7.54. The molecular weight excluding hydrogens is 457 g/mol. The summed E-state index contributed by atoms with van der Waals surface area (Å²) in [6.07, 6.45) is 2.18. The first-order chi connectivity index (χ1) is 17.1. The van der Waals surface area contributed by atoms with E-state index in [-0.39, 0.29) is 11.0 Å². The van der Waals surface area contributed by atoms with Crippen LogP contribution in [0.3, 0.4) is 0 Å². The number of fused-ring (bicyclic) bond motifs is 2. The molecule has 4 rings (SSSR count). The molecule has 1 spiro atoms. The summed E-state index contributed by atoms with van der Waals surface area (Å²) in [5, 5.41) is 0. The van der Waals surface area contributed by atoms with Crippen molar-refractivity contribution in [3.63, 3.8) is 0 Å². The van der Waals surface area contributed by atoms with E-state index in [0.717, 1.165) is 57.4 Å². The Hall–Kier alpha value is -2.53. The van der Waals surface area contributed by atoms with Gasteiger partial charge in [-0.3, -0.25) is 0 Å². The summed E-state index contributed by atoms with van der Waals surface area (Å²) in [4.78, 5) is 4.88. The number of aryl methyl sites for hydroxylation is 3. The van der Waals surface area contributed by atoms with E-state index >= 15 is 0 Å². The van der Waals surface area contributed by atoms with Gasteiger partial charge in [-0.25, -0.2) is 0 Å². The zero-order valence-electron chi connectivity index (χ0n) is 22.3. The molecule has 1 fully saturated rings. The first-order valence-corrected chi connectivity index (χ1v) is 13.1. The lowest BCUT2D eigenvalue weighted by Crippen LogP contribution is -2.44. The van der Waals surface area contributed by atoms with Crippen LogP contribution in [0, 0.1) is 13.8 Å². The lowest BCUT2D eigenvalue weighted by molar-refractivity contribution is -0.138. The Kier molecular flexibility index (Phi) is 9.10. The number of rotatable bonds is 6. The van der Waals surface area contributed by atoms with Gasteiger partial charge in [0.25, 0.3) is 0 Å².